The molecule has 6 nitrogen and oxygen atoms in total. The molecule has 6 heteroatoms. The highest BCUT2D eigenvalue weighted by molar-refractivity contribution is 5.03. The van der Waals surface area contributed by atoms with Gasteiger partial charge in [-0.1, -0.05) is 0 Å². The lowest BCUT2D eigenvalue weighted by Gasteiger charge is -1.86. The van der Waals surface area contributed by atoms with E-state index in [9.17, 15) is 0 Å². The third kappa shape index (κ3) is 0.661. The van der Waals surface area contributed by atoms with Crippen LogP contribution in [0.4, 0.5) is 0 Å². The normalized spacial score (nSPS) is 10.0. The Hall–Kier alpha value is -1.72. The fraction of sp³-hybridized carbons (Fsp3) is 0. The van der Waals surface area contributed by atoms with Crippen LogP contribution in [-0.2, 0) is 0 Å². The molecule has 2 aromatic rings. The molecule has 1 radical (unpaired) electrons. The Labute approximate surface area is 55.9 Å². The minimum Gasteiger partial charge on any atom is -0.329 e. The maximum Gasteiger partial charge on any atom is 0.231 e. The smallest absolute Gasteiger partial charge is 0.231 e. The molecule has 0 fully saturated rings. The lowest BCUT2D eigenvalue weighted by Crippen LogP contribution is -1.96. The Balaban J connectivity index is 2.48. The van der Waals surface area contributed by atoms with Crippen molar-refractivity contribution in [2.24, 2.45) is 0 Å². The third-order valence-electron chi connectivity index (χ3n) is 0.998. The lowest BCUT2D eigenvalue weighted by atomic mass is 11.0. The molecule has 0 saturated heterocycles. The predicted molar refractivity (Wildman–Crippen MR) is 30.1 cm³/mol. The molecule has 0 atom stereocenters. The van der Waals surface area contributed by atoms with Crippen LogP contribution in [0.3, 0.4) is 0 Å². The van der Waals surface area contributed by atoms with Gasteiger partial charge in [0.05, 0.1) is 0 Å². The number of hydrogen-bond acceptors (Lipinski definition) is 4. The van der Waals surface area contributed by atoms with Crippen molar-refractivity contribution in [3.8, 4) is 5.95 Å². The summed E-state index contributed by atoms with van der Waals surface area (Å²) in [6.45, 7) is 0. The average Bonchev–Trinajstić information content (AvgIpc) is 2.59. The fourth-order valence-corrected chi connectivity index (χ4v) is 0.605. The van der Waals surface area contributed by atoms with E-state index >= 15 is 0 Å². The van der Waals surface area contributed by atoms with Gasteiger partial charge in [-0.3, -0.25) is 0 Å². The maximum absolute atomic E-state index is 3.89. The van der Waals surface area contributed by atoms with E-state index in [-0.39, 0.29) is 0 Å². The second-order valence-electron chi connectivity index (χ2n) is 1.60. The zero-order valence-electron chi connectivity index (χ0n) is 4.89. The van der Waals surface area contributed by atoms with Crippen LogP contribution >= 0.6 is 0 Å². The van der Waals surface area contributed by atoms with Crippen molar-refractivity contribution < 1.29 is 0 Å². The molecule has 0 aliphatic heterocycles. The molecular formula is C4H3N6. The molecular weight excluding hydrogens is 132 g/mol. The van der Waals surface area contributed by atoms with Gasteiger partial charge in [-0.15, -0.1) is 5.10 Å². The molecule has 0 spiro atoms. The highest BCUT2D eigenvalue weighted by Crippen LogP contribution is 1.90. The first-order valence-electron chi connectivity index (χ1n) is 2.62. The number of H-pyrrole nitrogens is 1. The molecule has 2 heterocycles. The highest BCUT2D eigenvalue weighted by Gasteiger charge is 1.97. The van der Waals surface area contributed by atoms with Gasteiger partial charge in [0, 0.05) is 12.4 Å². The van der Waals surface area contributed by atoms with Crippen LogP contribution in [0.1, 0.15) is 0 Å². The molecule has 0 bridgehead atoms. The van der Waals surface area contributed by atoms with E-state index in [1.807, 2.05) is 0 Å². The summed E-state index contributed by atoms with van der Waals surface area (Å²) in [5, 5.41) is 10.3. The quantitative estimate of drug-likeness (QED) is 0.554. The Morgan fingerprint density at radius 1 is 1.60 bits per heavy atom. The van der Waals surface area contributed by atoms with Crippen LogP contribution in [0.5, 0.6) is 0 Å². The van der Waals surface area contributed by atoms with Gasteiger partial charge in [-0.05, 0) is 10.4 Å². The largest absolute Gasteiger partial charge is 0.329 e. The molecule has 0 unspecified atom stereocenters. The molecule has 0 aliphatic carbocycles. The van der Waals surface area contributed by atoms with Gasteiger partial charge in [0.2, 0.25) is 12.3 Å². The lowest BCUT2D eigenvalue weighted by molar-refractivity contribution is 0.755. The summed E-state index contributed by atoms with van der Waals surface area (Å²) in [6, 6.07) is 0. The van der Waals surface area contributed by atoms with Gasteiger partial charge in [-0.25, -0.2) is 4.98 Å². The van der Waals surface area contributed by atoms with Gasteiger partial charge < -0.3 is 4.98 Å². The fourth-order valence-electron chi connectivity index (χ4n) is 0.605. The molecule has 0 aromatic carbocycles. The van der Waals surface area contributed by atoms with E-state index in [4.69, 9.17) is 0 Å². The Kier molecular flexibility index (Phi) is 0.970. The highest BCUT2D eigenvalue weighted by atomic mass is 15.5. The first-order valence-corrected chi connectivity index (χ1v) is 2.62. The van der Waals surface area contributed by atoms with Crippen LogP contribution in [0, 0.1) is 6.33 Å². The number of aromatic amines is 1. The third-order valence-corrected chi connectivity index (χ3v) is 0.998. The summed E-state index contributed by atoms with van der Waals surface area (Å²) in [7, 11) is 0. The summed E-state index contributed by atoms with van der Waals surface area (Å²) in [4.78, 5) is 6.71. The molecule has 2 aromatic heterocycles. The van der Waals surface area contributed by atoms with Crippen LogP contribution < -0.4 is 0 Å². The van der Waals surface area contributed by atoms with Crippen LogP contribution in [0.2, 0.25) is 0 Å². The number of aromatic nitrogens is 6. The number of imidazole rings is 1. The summed E-state index contributed by atoms with van der Waals surface area (Å²) in [5.74, 6) is 0.560. The van der Waals surface area contributed by atoms with E-state index in [0.717, 1.165) is 0 Å². The number of hydrogen-bond donors (Lipinski definition) is 1. The Morgan fingerprint density at radius 2 is 2.60 bits per heavy atom. The summed E-state index contributed by atoms with van der Waals surface area (Å²) in [5.41, 5.74) is 0. The van der Waals surface area contributed by atoms with Crippen LogP contribution in [0.25, 0.3) is 5.95 Å². The topological polar surface area (TPSA) is 72.3 Å². The second kappa shape index (κ2) is 1.90. The second-order valence-corrected chi connectivity index (χ2v) is 1.60. The maximum atomic E-state index is 3.89. The minimum absolute atomic E-state index is 0.560. The molecule has 0 aliphatic rings. The van der Waals surface area contributed by atoms with Crippen LogP contribution in [0.15, 0.2) is 12.4 Å². The number of nitrogens with zero attached hydrogens (tertiary/aromatic N) is 5. The van der Waals surface area contributed by atoms with E-state index in [1.54, 1.807) is 12.4 Å². The first kappa shape index (κ1) is 5.10. The van der Waals surface area contributed by atoms with Gasteiger partial charge in [0.1, 0.15) is 0 Å². The monoisotopic (exact) mass is 135 g/mol. The molecule has 49 valence electrons. The molecule has 10 heavy (non-hydrogen) atoms. The van der Waals surface area contributed by atoms with E-state index in [0.29, 0.717) is 5.95 Å². The van der Waals surface area contributed by atoms with Gasteiger partial charge in [-0.2, -0.15) is 4.68 Å². The van der Waals surface area contributed by atoms with Crippen molar-refractivity contribution in [2.45, 2.75) is 0 Å². The summed E-state index contributed by atoms with van der Waals surface area (Å²) >= 11 is 0. The summed E-state index contributed by atoms with van der Waals surface area (Å²) < 4.78 is 1.32. The molecule has 0 saturated carbocycles. The van der Waals surface area contributed by atoms with Crippen LogP contribution in [-0.4, -0.2) is 30.2 Å². The average molecular weight is 135 g/mol. The molecule has 0 amide bonds. The minimum atomic E-state index is 0.560. The number of rotatable bonds is 1. The van der Waals surface area contributed by atoms with Crippen molar-refractivity contribution in [3.63, 3.8) is 0 Å². The summed E-state index contributed by atoms with van der Waals surface area (Å²) in [6.07, 6.45) is 5.79. The molecule has 1 N–H and O–H groups in total. The van der Waals surface area contributed by atoms with E-state index in [2.05, 4.69) is 31.8 Å². The Morgan fingerprint density at radius 3 is 3.20 bits per heavy atom. The zero-order valence-corrected chi connectivity index (χ0v) is 4.89. The zero-order chi connectivity index (χ0) is 6.81. The van der Waals surface area contributed by atoms with Crippen molar-refractivity contribution in [1.29, 1.82) is 0 Å². The first-order chi connectivity index (χ1) is 4.97. The van der Waals surface area contributed by atoms with Gasteiger partial charge >= 0.3 is 0 Å². The number of tetrazole rings is 1. The van der Waals surface area contributed by atoms with Crippen molar-refractivity contribution in [1.82, 2.24) is 30.2 Å². The SMILES string of the molecule is [c]1nnnn1-c1ncc[nH]1. The number of nitrogens with one attached hydrogen (secondary N) is 1. The van der Waals surface area contributed by atoms with E-state index in [1.165, 1.54) is 4.68 Å². The van der Waals surface area contributed by atoms with Gasteiger partial charge in [0.25, 0.3) is 0 Å². The van der Waals surface area contributed by atoms with Crippen molar-refractivity contribution >= 4 is 0 Å². The van der Waals surface area contributed by atoms with Crippen molar-refractivity contribution in [3.05, 3.63) is 18.7 Å². The van der Waals surface area contributed by atoms with Gasteiger partial charge in [0.15, 0.2) is 0 Å². The standard InChI is InChI=1S/C4H3N6/c1-2-6-4(5-1)10-3-7-8-9-10/h1-2H,(H,5,6). The Bertz CT molecular complexity index is 249. The predicted octanol–water partition coefficient (Wildman–Crippen LogP) is -0.814. The molecule has 2 rings (SSSR count). The van der Waals surface area contributed by atoms with E-state index < -0.39 is 0 Å². The van der Waals surface area contributed by atoms with Crippen molar-refractivity contribution in [2.75, 3.05) is 0 Å².